The Labute approximate surface area is 130 Å². The molecule has 1 saturated heterocycles. The summed E-state index contributed by atoms with van der Waals surface area (Å²) in [7, 11) is 0. The molecule has 1 aromatic rings. The summed E-state index contributed by atoms with van der Waals surface area (Å²) in [6.07, 6.45) is 2.14. The molecule has 1 aliphatic carbocycles. The fourth-order valence-corrected chi connectivity index (χ4v) is 3.43. The molecule has 2 fully saturated rings. The van der Waals surface area contributed by atoms with Crippen LogP contribution in [0.2, 0.25) is 0 Å². The first-order valence-corrected chi connectivity index (χ1v) is 7.79. The van der Waals surface area contributed by atoms with Crippen molar-refractivity contribution in [3.63, 3.8) is 0 Å². The van der Waals surface area contributed by atoms with Gasteiger partial charge in [-0.2, -0.15) is 0 Å². The molecule has 6 heteroatoms. The van der Waals surface area contributed by atoms with Crippen LogP contribution < -0.4 is 10.2 Å². The van der Waals surface area contributed by atoms with Crippen molar-refractivity contribution in [1.82, 2.24) is 5.32 Å². The highest BCUT2D eigenvalue weighted by Crippen LogP contribution is 2.42. The molecule has 112 valence electrons. The second kappa shape index (κ2) is 5.09. The number of hydrogen-bond acceptors (Lipinski definition) is 2. The van der Waals surface area contributed by atoms with Crippen LogP contribution in [0.5, 0.6) is 0 Å². The first-order valence-electron chi connectivity index (χ1n) is 7.00. The van der Waals surface area contributed by atoms with Crippen molar-refractivity contribution in [3.05, 3.63) is 28.5 Å². The van der Waals surface area contributed by atoms with Gasteiger partial charge in [0.15, 0.2) is 0 Å². The van der Waals surface area contributed by atoms with Crippen molar-refractivity contribution in [2.24, 2.45) is 5.92 Å². The third kappa shape index (κ3) is 2.57. The largest absolute Gasteiger partial charge is 0.342 e. The lowest BCUT2D eigenvalue weighted by Gasteiger charge is -2.32. The predicted octanol–water partition coefficient (Wildman–Crippen LogP) is 2.61. The van der Waals surface area contributed by atoms with Crippen molar-refractivity contribution in [1.29, 1.82) is 0 Å². The molecule has 1 heterocycles. The summed E-state index contributed by atoms with van der Waals surface area (Å²) < 4.78 is 13.8. The van der Waals surface area contributed by atoms with Crippen LogP contribution in [-0.2, 0) is 9.59 Å². The van der Waals surface area contributed by atoms with Crippen molar-refractivity contribution in [2.45, 2.75) is 31.7 Å². The summed E-state index contributed by atoms with van der Waals surface area (Å²) >= 11 is 3.30. The molecular weight excluding hydrogens is 339 g/mol. The number of halogens is 2. The molecule has 2 amide bonds. The van der Waals surface area contributed by atoms with E-state index in [1.54, 1.807) is 17.9 Å². The van der Waals surface area contributed by atoms with Gasteiger partial charge in [-0.3, -0.25) is 9.59 Å². The van der Waals surface area contributed by atoms with E-state index in [0.29, 0.717) is 16.7 Å². The average molecular weight is 355 g/mol. The first kappa shape index (κ1) is 14.5. The quantitative estimate of drug-likeness (QED) is 0.887. The van der Waals surface area contributed by atoms with Crippen LogP contribution in [0.25, 0.3) is 0 Å². The Bertz CT molecular complexity index is 618. The van der Waals surface area contributed by atoms with E-state index in [1.165, 1.54) is 12.1 Å². The lowest BCUT2D eigenvalue weighted by molar-refractivity contribution is -0.130. The van der Waals surface area contributed by atoms with Gasteiger partial charge in [0.2, 0.25) is 5.91 Å². The Kier molecular flexibility index (Phi) is 3.51. The molecular formula is C15H16BrFN2O2. The molecule has 0 bridgehead atoms. The number of carbonyl (C=O) groups excluding carboxylic acids is 2. The van der Waals surface area contributed by atoms with Gasteiger partial charge in [-0.05, 0) is 59.8 Å². The van der Waals surface area contributed by atoms with Gasteiger partial charge in [0.05, 0.1) is 5.69 Å². The minimum Gasteiger partial charge on any atom is -0.342 e. The van der Waals surface area contributed by atoms with E-state index in [0.717, 1.165) is 12.8 Å². The second-order valence-corrected chi connectivity index (χ2v) is 6.68. The maximum Gasteiger partial charge on any atom is 0.252 e. The maximum absolute atomic E-state index is 13.2. The van der Waals surface area contributed by atoms with Gasteiger partial charge in [0.25, 0.3) is 5.91 Å². The summed E-state index contributed by atoms with van der Waals surface area (Å²) in [5, 5.41) is 2.88. The lowest BCUT2D eigenvalue weighted by Crippen LogP contribution is -2.57. The van der Waals surface area contributed by atoms with Crippen LogP contribution >= 0.6 is 15.9 Å². The molecule has 0 spiro atoms. The minimum atomic E-state index is -0.860. The van der Waals surface area contributed by atoms with Gasteiger partial charge in [0, 0.05) is 17.4 Å². The Morgan fingerprint density at radius 3 is 2.71 bits per heavy atom. The van der Waals surface area contributed by atoms with E-state index < -0.39 is 5.54 Å². The van der Waals surface area contributed by atoms with Crippen LogP contribution in [0.15, 0.2) is 22.7 Å². The van der Waals surface area contributed by atoms with E-state index in [4.69, 9.17) is 0 Å². The summed E-state index contributed by atoms with van der Waals surface area (Å²) in [5.74, 6) is -0.414. The van der Waals surface area contributed by atoms with Gasteiger partial charge < -0.3 is 10.2 Å². The monoisotopic (exact) mass is 354 g/mol. The number of nitrogens with zero attached hydrogens (tertiary/aromatic N) is 1. The number of hydrogen-bond donors (Lipinski definition) is 1. The first-order chi connectivity index (χ1) is 9.91. The Morgan fingerprint density at radius 2 is 2.10 bits per heavy atom. The Hall–Kier alpha value is -1.43. The smallest absolute Gasteiger partial charge is 0.252 e. The van der Waals surface area contributed by atoms with E-state index >= 15 is 0 Å². The second-order valence-electron chi connectivity index (χ2n) is 5.83. The molecule has 4 nitrogen and oxygen atoms in total. The third-order valence-electron chi connectivity index (χ3n) is 4.25. The average Bonchev–Trinajstić information content (AvgIpc) is 3.24. The molecule has 1 atom stereocenters. The van der Waals surface area contributed by atoms with Crippen molar-refractivity contribution in [2.75, 3.05) is 11.4 Å². The zero-order chi connectivity index (χ0) is 15.2. The van der Waals surface area contributed by atoms with Gasteiger partial charge in [0.1, 0.15) is 11.4 Å². The lowest BCUT2D eigenvalue weighted by atomic mass is 9.94. The fraction of sp³-hybridized carbons (Fsp3) is 0.467. The number of amides is 2. The molecule has 1 aliphatic heterocycles. The molecule has 2 aliphatic rings. The number of benzene rings is 1. The number of carbonyl (C=O) groups is 2. The van der Waals surface area contributed by atoms with Crippen LogP contribution in [0.4, 0.5) is 10.1 Å². The molecule has 1 N–H and O–H groups in total. The van der Waals surface area contributed by atoms with Crippen LogP contribution in [0.3, 0.4) is 0 Å². The van der Waals surface area contributed by atoms with Gasteiger partial charge >= 0.3 is 0 Å². The highest BCUT2D eigenvalue weighted by molar-refractivity contribution is 9.10. The van der Waals surface area contributed by atoms with E-state index in [2.05, 4.69) is 21.2 Å². The molecule has 0 radical (unpaired) electrons. The summed E-state index contributed by atoms with van der Waals surface area (Å²) in [6, 6.07) is 4.22. The summed E-state index contributed by atoms with van der Waals surface area (Å²) in [6.45, 7) is 2.10. The van der Waals surface area contributed by atoms with Crippen LogP contribution in [0, 0.1) is 11.7 Å². The molecule has 1 saturated carbocycles. The zero-order valence-electron chi connectivity index (χ0n) is 11.7. The summed E-state index contributed by atoms with van der Waals surface area (Å²) in [5.41, 5.74) is -0.258. The number of anilines is 1. The molecule has 21 heavy (non-hydrogen) atoms. The molecule has 1 aromatic carbocycles. The zero-order valence-corrected chi connectivity index (χ0v) is 13.2. The van der Waals surface area contributed by atoms with Crippen LogP contribution in [0.1, 0.15) is 26.2 Å². The van der Waals surface area contributed by atoms with Crippen molar-refractivity contribution < 1.29 is 14.0 Å². The topological polar surface area (TPSA) is 49.4 Å². The van der Waals surface area contributed by atoms with E-state index in [-0.39, 0.29) is 30.0 Å². The standard InChI is InChI=1S/C15H16BrFN2O2/c1-15(9-2-3-9)14(21)19(7-6-13(20)18-15)12-5-4-10(17)8-11(12)16/h4-5,8-9H,2-3,6-7H2,1H3,(H,18,20). The van der Waals surface area contributed by atoms with Crippen LogP contribution in [-0.4, -0.2) is 23.9 Å². The van der Waals surface area contributed by atoms with Crippen molar-refractivity contribution in [3.8, 4) is 0 Å². The Balaban J connectivity index is 2.00. The predicted molar refractivity (Wildman–Crippen MR) is 80.3 cm³/mol. The normalized spacial score (nSPS) is 26.5. The SMILES string of the molecule is CC1(C2CC2)NC(=O)CCN(c2ccc(F)cc2Br)C1=O. The third-order valence-corrected chi connectivity index (χ3v) is 4.88. The highest BCUT2D eigenvalue weighted by Gasteiger charge is 2.51. The van der Waals surface area contributed by atoms with E-state index in [9.17, 15) is 14.0 Å². The number of rotatable bonds is 2. The Morgan fingerprint density at radius 1 is 1.38 bits per heavy atom. The minimum absolute atomic E-state index is 0.113. The maximum atomic E-state index is 13.2. The molecule has 1 unspecified atom stereocenters. The fourth-order valence-electron chi connectivity index (χ4n) is 2.87. The van der Waals surface area contributed by atoms with Gasteiger partial charge in [-0.15, -0.1) is 0 Å². The summed E-state index contributed by atoms with van der Waals surface area (Å²) in [4.78, 5) is 26.4. The van der Waals surface area contributed by atoms with Crippen molar-refractivity contribution >= 4 is 33.4 Å². The molecule has 3 rings (SSSR count). The van der Waals surface area contributed by atoms with Gasteiger partial charge in [-0.1, -0.05) is 0 Å². The van der Waals surface area contributed by atoms with E-state index in [1.807, 2.05) is 0 Å². The number of nitrogens with one attached hydrogen (secondary N) is 1. The van der Waals surface area contributed by atoms with Gasteiger partial charge in [-0.25, -0.2) is 4.39 Å². The molecule has 0 aromatic heterocycles. The highest BCUT2D eigenvalue weighted by atomic mass is 79.9.